The molecule has 2 heterocycles. The Kier molecular flexibility index (Phi) is 1.41. The monoisotopic (exact) mass is 183 g/mol. The quantitative estimate of drug-likeness (QED) is 0.616. The summed E-state index contributed by atoms with van der Waals surface area (Å²) in [5.74, 6) is 0. The van der Waals surface area contributed by atoms with Crippen LogP contribution in [0.4, 0.5) is 4.39 Å². The summed E-state index contributed by atoms with van der Waals surface area (Å²) < 4.78 is 14.3. The van der Waals surface area contributed by atoms with Crippen LogP contribution in [0.5, 0.6) is 0 Å². The molecule has 0 saturated carbocycles. The highest BCUT2D eigenvalue weighted by Crippen LogP contribution is 2.31. The van der Waals surface area contributed by atoms with Gasteiger partial charge in [0.05, 0.1) is 0 Å². The van der Waals surface area contributed by atoms with Gasteiger partial charge in [0.15, 0.2) is 5.13 Å². The van der Waals surface area contributed by atoms with Gasteiger partial charge in [0.2, 0.25) is 0 Å². The van der Waals surface area contributed by atoms with Gasteiger partial charge in [-0.05, 0) is 6.07 Å². The van der Waals surface area contributed by atoms with Crippen molar-refractivity contribution < 1.29 is 4.39 Å². The topological polar surface area (TPSA) is 23.8 Å². The van der Waals surface area contributed by atoms with Crippen LogP contribution in [0.25, 0.3) is 9.40 Å². The van der Waals surface area contributed by atoms with Gasteiger partial charge in [-0.1, -0.05) is 0 Å². The molecule has 2 aromatic heterocycles. The lowest BCUT2D eigenvalue weighted by Gasteiger charge is -1.70. The lowest BCUT2D eigenvalue weighted by atomic mass is 10.5. The minimum Gasteiger partial charge on any atom is -0.195 e. The first-order chi connectivity index (χ1) is 5.29. The molecule has 0 aliphatic heterocycles. The fourth-order valence-electron chi connectivity index (χ4n) is 0.861. The zero-order chi connectivity index (χ0) is 7.84. The average molecular weight is 183 g/mol. The van der Waals surface area contributed by atoms with Gasteiger partial charge >= 0.3 is 0 Å². The Morgan fingerprint density at radius 1 is 1.27 bits per heavy atom. The third kappa shape index (κ3) is 1.02. The largest absolute Gasteiger partial charge is 0.195 e. The van der Waals surface area contributed by atoms with Crippen molar-refractivity contribution >= 4 is 32.1 Å². The van der Waals surface area contributed by atoms with Crippen LogP contribution >= 0.6 is 22.7 Å². The molecule has 0 amide bonds. The van der Waals surface area contributed by atoms with E-state index in [9.17, 15) is 4.39 Å². The highest BCUT2D eigenvalue weighted by atomic mass is 32.1. The van der Waals surface area contributed by atoms with Crippen LogP contribution in [0, 0.1) is 16.5 Å². The molecular formula is C7H2FNS2. The molecular weight excluding hydrogens is 181 g/mol. The SMILES string of the molecule is N#Cc1cc2sc(F)cc2s1. The summed E-state index contributed by atoms with van der Waals surface area (Å²) in [6.07, 6.45) is 0. The molecule has 4 heteroatoms. The van der Waals surface area contributed by atoms with Crippen molar-refractivity contribution in [1.29, 1.82) is 5.26 Å². The highest BCUT2D eigenvalue weighted by molar-refractivity contribution is 7.27. The number of nitriles is 1. The molecule has 0 atom stereocenters. The number of thiophene rings is 2. The molecule has 54 valence electrons. The maximum absolute atomic E-state index is 12.5. The fourth-order valence-corrected chi connectivity index (χ4v) is 2.77. The minimum absolute atomic E-state index is 0.185. The maximum Gasteiger partial charge on any atom is 0.178 e. The van der Waals surface area contributed by atoms with Crippen LogP contribution in [0.1, 0.15) is 4.88 Å². The zero-order valence-corrected chi connectivity index (χ0v) is 6.93. The van der Waals surface area contributed by atoms with E-state index in [0.29, 0.717) is 4.88 Å². The summed E-state index contributed by atoms with van der Waals surface area (Å²) in [6.45, 7) is 0. The first-order valence-electron chi connectivity index (χ1n) is 2.88. The standard InChI is InChI=1S/C7H2FNS2/c8-7-2-6-5(11-7)1-4(3-9)10-6/h1-2H. The summed E-state index contributed by atoms with van der Waals surface area (Å²) in [5.41, 5.74) is 0. The second-order valence-electron chi connectivity index (χ2n) is 2.00. The van der Waals surface area contributed by atoms with Crippen LogP contribution in [-0.2, 0) is 0 Å². The van der Waals surface area contributed by atoms with E-state index in [4.69, 9.17) is 5.26 Å². The molecule has 0 bridgehead atoms. The average Bonchev–Trinajstić information content (AvgIpc) is 2.43. The Morgan fingerprint density at radius 2 is 2.00 bits per heavy atom. The molecule has 0 aliphatic carbocycles. The van der Waals surface area contributed by atoms with Crippen molar-refractivity contribution in [1.82, 2.24) is 0 Å². The number of hydrogen-bond acceptors (Lipinski definition) is 3. The van der Waals surface area contributed by atoms with Crippen LogP contribution in [-0.4, -0.2) is 0 Å². The van der Waals surface area contributed by atoms with Gasteiger partial charge < -0.3 is 0 Å². The fraction of sp³-hybridized carbons (Fsp3) is 0. The predicted octanol–water partition coefficient (Wildman–Crippen LogP) is 2.97. The van der Waals surface area contributed by atoms with Crippen LogP contribution in [0.2, 0.25) is 0 Å². The van der Waals surface area contributed by atoms with E-state index in [1.54, 1.807) is 6.07 Å². The second kappa shape index (κ2) is 2.29. The lowest BCUT2D eigenvalue weighted by molar-refractivity contribution is 0.658. The van der Waals surface area contributed by atoms with E-state index in [1.165, 1.54) is 17.4 Å². The van der Waals surface area contributed by atoms with Crippen molar-refractivity contribution in [2.75, 3.05) is 0 Å². The Labute approximate surface area is 70.3 Å². The molecule has 2 aromatic rings. The summed E-state index contributed by atoms with van der Waals surface area (Å²) in [4.78, 5) is 0.645. The minimum atomic E-state index is -0.185. The molecule has 0 unspecified atom stereocenters. The molecule has 2 rings (SSSR count). The van der Waals surface area contributed by atoms with Gasteiger partial charge in [0.1, 0.15) is 10.9 Å². The number of nitrogens with zero attached hydrogens (tertiary/aromatic N) is 1. The molecule has 0 spiro atoms. The van der Waals surface area contributed by atoms with E-state index >= 15 is 0 Å². The van der Waals surface area contributed by atoms with E-state index in [2.05, 4.69) is 0 Å². The van der Waals surface area contributed by atoms with Crippen LogP contribution in [0.15, 0.2) is 12.1 Å². The molecule has 1 nitrogen and oxygen atoms in total. The van der Waals surface area contributed by atoms with Crippen molar-refractivity contribution in [3.8, 4) is 6.07 Å². The number of fused-ring (bicyclic) bond motifs is 1. The summed E-state index contributed by atoms with van der Waals surface area (Å²) in [5, 5.41) is 8.31. The molecule has 0 aromatic carbocycles. The first-order valence-corrected chi connectivity index (χ1v) is 4.52. The first kappa shape index (κ1) is 6.77. The van der Waals surface area contributed by atoms with Crippen molar-refractivity contribution in [2.45, 2.75) is 0 Å². The van der Waals surface area contributed by atoms with Gasteiger partial charge in [-0.25, -0.2) is 0 Å². The van der Waals surface area contributed by atoms with E-state index in [0.717, 1.165) is 20.7 Å². The van der Waals surface area contributed by atoms with Crippen molar-refractivity contribution in [2.24, 2.45) is 0 Å². The van der Waals surface area contributed by atoms with Crippen molar-refractivity contribution in [3.05, 3.63) is 22.1 Å². The maximum atomic E-state index is 12.5. The smallest absolute Gasteiger partial charge is 0.178 e. The van der Waals surface area contributed by atoms with E-state index in [-0.39, 0.29) is 5.13 Å². The molecule has 0 fully saturated rings. The number of halogens is 1. The van der Waals surface area contributed by atoms with Gasteiger partial charge in [0, 0.05) is 15.5 Å². The molecule has 11 heavy (non-hydrogen) atoms. The summed E-state index contributed by atoms with van der Waals surface area (Å²) >= 11 is 2.41. The molecule has 0 N–H and O–H groups in total. The third-order valence-electron chi connectivity index (χ3n) is 1.29. The van der Waals surface area contributed by atoms with E-state index < -0.39 is 0 Å². The Bertz CT molecular complexity index is 403. The zero-order valence-electron chi connectivity index (χ0n) is 5.30. The number of hydrogen-bond donors (Lipinski definition) is 0. The molecule has 0 saturated heterocycles. The third-order valence-corrected chi connectivity index (χ3v) is 3.27. The molecule has 0 aliphatic rings. The predicted molar refractivity (Wildman–Crippen MR) is 44.4 cm³/mol. The molecule has 0 radical (unpaired) electrons. The van der Waals surface area contributed by atoms with Gasteiger partial charge in [-0.15, -0.1) is 22.7 Å². The van der Waals surface area contributed by atoms with E-state index in [1.807, 2.05) is 6.07 Å². The summed E-state index contributed by atoms with van der Waals surface area (Å²) in [7, 11) is 0. The Morgan fingerprint density at radius 3 is 2.64 bits per heavy atom. The van der Waals surface area contributed by atoms with Gasteiger partial charge in [-0.3, -0.25) is 0 Å². The highest BCUT2D eigenvalue weighted by Gasteiger charge is 2.04. The van der Waals surface area contributed by atoms with Crippen LogP contribution < -0.4 is 0 Å². The lowest BCUT2D eigenvalue weighted by Crippen LogP contribution is -1.53. The van der Waals surface area contributed by atoms with Crippen molar-refractivity contribution in [3.63, 3.8) is 0 Å². The van der Waals surface area contributed by atoms with Crippen LogP contribution in [0.3, 0.4) is 0 Å². The Balaban J connectivity index is 2.76. The number of rotatable bonds is 0. The second-order valence-corrected chi connectivity index (χ2v) is 4.12. The van der Waals surface area contributed by atoms with Gasteiger partial charge in [0.25, 0.3) is 0 Å². The summed E-state index contributed by atoms with van der Waals surface area (Å²) in [6, 6.07) is 5.20. The Hall–Kier alpha value is -0.920. The van der Waals surface area contributed by atoms with Gasteiger partial charge in [-0.2, -0.15) is 9.65 Å². The normalized spacial score (nSPS) is 10.2.